The number of alkyl halides is 6. The third kappa shape index (κ3) is 5.58. The summed E-state index contributed by atoms with van der Waals surface area (Å²) >= 11 is 0. The number of aryl methyl sites for hydroxylation is 1. The van der Waals surface area contributed by atoms with Gasteiger partial charge < -0.3 is 26.0 Å². The van der Waals surface area contributed by atoms with E-state index in [9.17, 15) is 41.4 Å². The quantitative estimate of drug-likeness (QED) is 0.108. The molecule has 1 amide bonds. The van der Waals surface area contributed by atoms with Crippen LogP contribution in [0.25, 0.3) is 0 Å². The lowest BCUT2D eigenvalue weighted by Crippen LogP contribution is -2.54. The highest BCUT2D eigenvalue weighted by Gasteiger charge is 2.72. The number of halogens is 6. The van der Waals surface area contributed by atoms with Gasteiger partial charge in [0, 0.05) is 5.56 Å². The molecule has 0 saturated heterocycles. The Morgan fingerprint density at radius 2 is 1.22 bits per heavy atom. The average Bonchev–Trinajstić information content (AvgIpc) is 2.88. The van der Waals surface area contributed by atoms with Crippen LogP contribution < -0.4 is 15.8 Å². The molecule has 0 aliphatic heterocycles. The van der Waals surface area contributed by atoms with Crippen molar-refractivity contribution in [2.75, 3.05) is 11.1 Å². The molecule has 0 aromatic heterocycles. The third-order valence-electron chi connectivity index (χ3n) is 6.36. The molecule has 214 valence electrons. The van der Waals surface area contributed by atoms with Gasteiger partial charge in [0.25, 0.3) is 5.91 Å². The predicted molar refractivity (Wildman–Crippen MR) is 139 cm³/mol. The number of benzene rings is 4. The summed E-state index contributed by atoms with van der Waals surface area (Å²) in [5.74, 6) is -1.50. The lowest BCUT2D eigenvalue weighted by Gasteiger charge is -2.38. The molecule has 4 rings (SSSR count). The van der Waals surface area contributed by atoms with Crippen LogP contribution in [-0.4, -0.2) is 28.5 Å². The molecule has 0 radical (unpaired) electrons. The van der Waals surface area contributed by atoms with Crippen LogP contribution in [0.3, 0.4) is 0 Å². The van der Waals surface area contributed by atoms with Gasteiger partial charge in [0.15, 0.2) is 0 Å². The van der Waals surface area contributed by atoms with Crippen LogP contribution in [-0.2, 0) is 5.41 Å². The number of carbonyl (C=O) groups is 1. The van der Waals surface area contributed by atoms with Crippen LogP contribution in [0.5, 0.6) is 23.0 Å². The van der Waals surface area contributed by atoms with E-state index in [1.807, 2.05) is 19.1 Å². The maximum atomic E-state index is 14.5. The fourth-order valence-corrected chi connectivity index (χ4v) is 4.25. The number of nitrogen functional groups attached to an aromatic ring is 1. The van der Waals surface area contributed by atoms with Crippen LogP contribution in [0.1, 0.15) is 27.0 Å². The number of nitrogens with two attached hydrogens (primary N) is 1. The van der Waals surface area contributed by atoms with Crippen molar-refractivity contribution in [1.82, 2.24) is 0 Å². The summed E-state index contributed by atoms with van der Waals surface area (Å²) in [4.78, 5) is 12.8. The summed E-state index contributed by atoms with van der Waals surface area (Å²) < 4.78 is 92.5. The number of phenols is 2. The van der Waals surface area contributed by atoms with Gasteiger partial charge in [0.1, 0.15) is 23.0 Å². The number of phenolic OH excluding ortho intramolecular Hbond substituents is 2. The Kier molecular flexibility index (Phi) is 7.53. The van der Waals surface area contributed by atoms with Gasteiger partial charge in [-0.15, -0.1) is 0 Å². The zero-order valence-electron chi connectivity index (χ0n) is 21.1. The Morgan fingerprint density at radius 1 is 0.732 bits per heavy atom. The van der Waals surface area contributed by atoms with Crippen molar-refractivity contribution < 1.29 is 46.1 Å². The maximum absolute atomic E-state index is 14.5. The topological polar surface area (TPSA) is 105 Å². The molecule has 0 heterocycles. The van der Waals surface area contributed by atoms with E-state index in [1.54, 1.807) is 12.1 Å². The first-order valence-corrected chi connectivity index (χ1v) is 11.9. The Hall–Kier alpha value is -4.87. The second-order valence-corrected chi connectivity index (χ2v) is 9.14. The fraction of sp³-hybridized carbons (Fsp3) is 0.138. The molecule has 0 aliphatic rings. The van der Waals surface area contributed by atoms with Gasteiger partial charge in [-0.1, -0.05) is 29.8 Å². The van der Waals surface area contributed by atoms with E-state index in [-0.39, 0.29) is 5.56 Å². The summed E-state index contributed by atoms with van der Waals surface area (Å²) in [5, 5.41) is 22.0. The Morgan fingerprint density at radius 3 is 1.73 bits per heavy atom. The van der Waals surface area contributed by atoms with Crippen LogP contribution in [0.15, 0.2) is 84.9 Å². The lowest BCUT2D eigenvalue weighted by atomic mass is 9.72. The molecule has 5 N–H and O–H groups in total. The minimum absolute atomic E-state index is 0.0183. The van der Waals surface area contributed by atoms with Crippen molar-refractivity contribution in [3.8, 4) is 23.0 Å². The molecule has 0 unspecified atom stereocenters. The number of nitrogens with one attached hydrogen (secondary N) is 1. The molecule has 0 atom stereocenters. The summed E-state index contributed by atoms with van der Waals surface area (Å²) in [6.45, 7) is 1.90. The van der Waals surface area contributed by atoms with Gasteiger partial charge in [-0.3, -0.25) is 4.79 Å². The van der Waals surface area contributed by atoms with Gasteiger partial charge in [0.2, 0.25) is 5.41 Å². The number of hydrogen-bond donors (Lipinski definition) is 4. The first kappa shape index (κ1) is 29.1. The summed E-state index contributed by atoms with van der Waals surface area (Å²) in [7, 11) is 0. The first-order chi connectivity index (χ1) is 19.1. The van der Waals surface area contributed by atoms with Gasteiger partial charge in [-0.2, -0.15) is 26.3 Å². The van der Waals surface area contributed by atoms with Crippen molar-refractivity contribution >= 4 is 17.3 Å². The van der Waals surface area contributed by atoms with E-state index in [0.29, 0.717) is 47.9 Å². The molecule has 0 saturated carbocycles. The summed E-state index contributed by atoms with van der Waals surface area (Å²) in [5.41, 5.74) is -2.26. The molecule has 4 aromatic rings. The lowest BCUT2D eigenvalue weighted by molar-refractivity contribution is -0.288. The van der Waals surface area contributed by atoms with E-state index in [4.69, 9.17) is 10.5 Å². The maximum Gasteiger partial charge on any atom is 0.411 e. The monoisotopic (exact) mass is 576 g/mol. The second kappa shape index (κ2) is 10.6. The van der Waals surface area contributed by atoms with Crippen molar-refractivity contribution in [3.63, 3.8) is 0 Å². The Labute approximate surface area is 229 Å². The van der Waals surface area contributed by atoms with Crippen molar-refractivity contribution in [3.05, 3.63) is 107 Å². The number of anilines is 2. The van der Waals surface area contributed by atoms with E-state index in [0.717, 1.165) is 5.56 Å². The van der Waals surface area contributed by atoms with E-state index in [1.165, 1.54) is 24.3 Å². The molecule has 4 aromatic carbocycles. The standard InChI is InChI=1S/C29H22F6N2O4/c1-16-2-8-20(9-3-16)41-21-10-4-17(5-11-21)26(40)37-23-15-19(7-13-25(23)39)27(28(30,31)32,29(33,34)35)18-6-12-24(38)22(36)14-18/h2-15,38-39H,36H2,1H3,(H,37,40). The second-order valence-electron chi connectivity index (χ2n) is 9.14. The van der Waals surface area contributed by atoms with E-state index >= 15 is 0 Å². The zero-order valence-corrected chi connectivity index (χ0v) is 21.1. The van der Waals surface area contributed by atoms with Gasteiger partial charge in [-0.25, -0.2) is 0 Å². The molecule has 0 bridgehead atoms. The zero-order chi connectivity index (χ0) is 30.2. The molecule has 0 aliphatic carbocycles. The van der Waals surface area contributed by atoms with E-state index in [2.05, 4.69) is 5.32 Å². The largest absolute Gasteiger partial charge is 0.506 e. The number of aromatic hydroxyl groups is 2. The third-order valence-corrected chi connectivity index (χ3v) is 6.36. The summed E-state index contributed by atoms with van der Waals surface area (Å²) in [6, 6.07) is 15.6. The number of amides is 1. The number of hydrogen-bond acceptors (Lipinski definition) is 5. The Balaban J connectivity index is 1.70. The molecule has 41 heavy (non-hydrogen) atoms. The van der Waals surface area contributed by atoms with Gasteiger partial charge in [0.05, 0.1) is 11.4 Å². The number of ether oxygens (including phenoxy) is 1. The Bertz CT molecular complexity index is 1550. The summed E-state index contributed by atoms with van der Waals surface area (Å²) in [6.07, 6.45) is -11.9. The smallest absolute Gasteiger partial charge is 0.411 e. The van der Waals surface area contributed by atoms with Crippen molar-refractivity contribution in [2.24, 2.45) is 0 Å². The highest BCUT2D eigenvalue weighted by Crippen LogP contribution is 2.57. The van der Waals surface area contributed by atoms with Crippen molar-refractivity contribution in [1.29, 1.82) is 0 Å². The van der Waals surface area contributed by atoms with Crippen LogP contribution in [0.2, 0.25) is 0 Å². The molecular weight excluding hydrogens is 554 g/mol. The molecule has 0 spiro atoms. The highest BCUT2D eigenvalue weighted by atomic mass is 19.4. The van der Waals surface area contributed by atoms with Gasteiger partial charge >= 0.3 is 12.4 Å². The number of carbonyl (C=O) groups excluding carboxylic acids is 1. The fourth-order valence-electron chi connectivity index (χ4n) is 4.25. The normalized spacial score (nSPS) is 12.2. The average molecular weight is 576 g/mol. The van der Waals surface area contributed by atoms with Crippen LogP contribution in [0.4, 0.5) is 37.7 Å². The SMILES string of the molecule is Cc1ccc(Oc2ccc(C(=O)Nc3cc(C(c4ccc(O)c(N)c4)(C(F)(F)F)C(F)(F)F)ccc3O)cc2)cc1. The minimum Gasteiger partial charge on any atom is -0.506 e. The first-order valence-electron chi connectivity index (χ1n) is 11.9. The van der Waals surface area contributed by atoms with Crippen LogP contribution >= 0.6 is 0 Å². The minimum atomic E-state index is -5.96. The molecule has 6 nitrogen and oxygen atoms in total. The molecule has 0 fully saturated rings. The van der Waals surface area contributed by atoms with Crippen LogP contribution in [0, 0.1) is 6.92 Å². The van der Waals surface area contributed by atoms with Gasteiger partial charge in [-0.05, 0) is 78.7 Å². The molecule has 12 heteroatoms. The van der Waals surface area contributed by atoms with Crippen molar-refractivity contribution in [2.45, 2.75) is 24.7 Å². The number of rotatable bonds is 6. The van der Waals surface area contributed by atoms with E-state index < -0.39 is 57.7 Å². The predicted octanol–water partition coefficient (Wildman–Crippen LogP) is 7.44. The molecular formula is C29H22F6N2O4. The highest BCUT2D eigenvalue weighted by molar-refractivity contribution is 6.05.